The lowest BCUT2D eigenvalue weighted by Gasteiger charge is -2.31. The Kier molecular flexibility index (Phi) is 4.09. The predicted molar refractivity (Wildman–Crippen MR) is 80.8 cm³/mol. The lowest BCUT2D eigenvalue weighted by Crippen LogP contribution is -2.27. The quantitative estimate of drug-likeness (QED) is 0.805. The van der Waals surface area contributed by atoms with Crippen molar-refractivity contribution in [3.63, 3.8) is 0 Å². The summed E-state index contributed by atoms with van der Waals surface area (Å²) in [7, 11) is 1.36. The minimum atomic E-state index is -0.301. The van der Waals surface area contributed by atoms with Crippen LogP contribution in [0.1, 0.15) is 30.9 Å². The molecule has 0 fully saturated rings. The Morgan fingerprint density at radius 1 is 1.32 bits per heavy atom. The molecule has 0 saturated carbocycles. The van der Waals surface area contributed by atoms with E-state index in [0.29, 0.717) is 24.2 Å². The van der Waals surface area contributed by atoms with Crippen LogP contribution in [0, 0.1) is 5.92 Å². The molecule has 0 N–H and O–H groups in total. The minimum Gasteiger partial charge on any atom is -0.485 e. The topological polar surface area (TPSA) is 52.6 Å². The minimum absolute atomic E-state index is 0.0633. The van der Waals surface area contributed by atoms with E-state index in [4.69, 9.17) is 9.47 Å². The zero-order valence-electron chi connectivity index (χ0n) is 12.5. The van der Waals surface area contributed by atoms with Crippen molar-refractivity contribution >= 4 is 11.8 Å². The van der Waals surface area contributed by atoms with Gasteiger partial charge in [-0.25, -0.2) is 0 Å². The Bertz CT molecular complexity index is 642. The molecule has 0 spiro atoms. The van der Waals surface area contributed by atoms with Gasteiger partial charge in [0.25, 0.3) is 0 Å². The fourth-order valence-corrected chi connectivity index (χ4v) is 3.01. The fraction of sp³-hybridized carbons (Fsp3) is 0.333. The summed E-state index contributed by atoms with van der Waals surface area (Å²) in [6, 6.07) is 9.73. The second-order valence-corrected chi connectivity index (χ2v) is 5.54. The van der Waals surface area contributed by atoms with Crippen LogP contribution in [0.3, 0.4) is 0 Å². The van der Waals surface area contributed by atoms with Gasteiger partial charge in [-0.2, -0.15) is 0 Å². The standard InChI is InChI=1S/C18H18O4/c1-21-17(20)10-13-8-5-9-15-18(13)14(19)11-16(22-15)12-6-3-2-4-7-12/h2-7,9,13,16H,8,10-11H2,1H3/t13-,16+/m0/s1. The van der Waals surface area contributed by atoms with E-state index in [1.807, 2.05) is 42.5 Å². The molecule has 114 valence electrons. The lowest BCUT2D eigenvalue weighted by atomic mass is 9.82. The number of rotatable bonds is 3. The number of benzene rings is 1. The van der Waals surface area contributed by atoms with Gasteiger partial charge in [0.2, 0.25) is 0 Å². The van der Waals surface area contributed by atoms with Crippen LogP contribution in [0.15, 0.2) is 53.8 Å². The third-order valence-corrected chi connectivity index (χ3v) is 4.12. The maximum absolute atomic E-state index is 12.6. The van der Waals surface area contributed by atoms with Gasteiger partial charge in [-0.3, -0.25) is 9.59 Å². The molecule has 0 bridgehead atoms. The van der Waals surface area contributed by atoms with Crippen LogP contribution in [0.5, 0.6) is 0 Å². The fourth-order valence-electron chi connectivity index (χ4n) is 3.01. The summed E-state index contributed by atoms with van der Waals surface area (Å²) in [5, 5.41) is 0. The second kappa shape index (κ2) is 6.18. The Balaban J connectivity index is 1.85. The van der Waals surface area contributed by atoms with Crippen molar-refractivity contribution in [2.45, 2.75) is 25.4 Å². The zero-order chi connectivity index (χ0) is 15.5. The average Bonchev–Trinajstić information content (AvgIpc) is 2.55. The second-order valence-electron chi connectivity index (χ2n) is 5.54. The number of ketones is 1. The maximum Gasteiger partial charge on any atom is 0.306 e. The molecule has 0 radical (unpaired) electrons. The summed E-state index contributed by atoms with van der Waals surface area (Å²) in [5.74, 6) is 0.223. The van der Waals surface area contributed by atoms with E-state index in [1.165, 1.54) is 7.11 Å². The average molecular weight is 298 g/mol. The highest BCUT2D eigenvalue weighted by Gasteiger charge is 2.35. The van der Waals surface area contributed by atoms with Gasteiger partial charge >= 0.3 is 5.97 Å². The monoisotopic (exact) mass is 298 g/mol. The molecule has 2 atom stereocenters. The molecule has 1 aromatic carbocycles. The summed E-state index contributed by atoms with van der Waals surface area (Å²) in [4.78, 5) is 24.1. The van der Waals surface area contributed by atoms with Crippen molar-refractivity contribution in [1.82, 2.24) is 0 Å². The zero-order valence-corrected chi connectivity index (χ0v) is 12.5. The van der Waals surface area contributed by atoms with Gasteiger partial charge in [-0.1, -0.05) is 36.4 Å². The van der Waals surface area contributed by atoms with Crippen LogP contribution in [0.4, 0.5) is 0 Å². The van der Waals surface area contributed by atoms with Gasteiger partial charge in [0.15, 0.2) is 5.78 Å². The number of allylic oxidation sites excluding steroid dienone is 3. The van der Waals surface area contributed by atoms with Crippen LogP contribution in [0.2, 0.25) is 0 Å². The molecule has 1 heterocycles. The number of esters is 1. The number of carbonyl (C=O) groups excluding carboxylic acids is 2. The van der Waals surface area contributed by atoms with Crippen molar-refractivity contribution in [2.75, 3.05) is 7.11 Å². The SMILES string of the molecule is COC(=O)C[C@@H]1CC=CC2=C1C(=O)C[C@H](c1ccccc1)O2. The summed E-state index contributed by atoms with van der Waals surface area (Å²) in [6.45, 7) is 0. The summed E-state index contributed by atoms with van der Waals surface area (Å²) < 4.78 is 10.7. The van der Waals surface area contributed by atoms with Crippen LogP contribution in [-0.4, -0.2) is 18.9 Å². The largest absolute Gasteiger partial charge is 0.485 e. The molecule has 1 aromatic rings. The molecule has 3 rings (SSSR count). The highest BCUT2D eigenvalue weighted by Crippen LogP contribution is 2.39. The Morgan fingerprint density at radius 2 is 2.09 bits per heavy atom. The molecule has 0 aromatic heterocycles. The van der Waals surface area contributed by atoms with Gasteiger partial charge in [0, 0.05) is 11.5 Å². The molecule has 0 saturated heterocycles. The molecular formula is C18H18O4. The van der Waals surface area contributed by atoms with Crippen molar-refractivity contribution in [1.29, 1.82) is 0 Å². The molecule has 4 nitrogen and oxygen atoms in total. The third-order valence-electron chi connectivity index (χ3n) is 4.12. The first-order valence-corrected chi connectivity index (χ1v) is 7.41. The predicted octanol–water partition coefficient (Wildman–Crippen LogP) is 3.11. The molecule has 0 amide bonds. The number of carbonyl (C=O) groups is 2. The van der Waals surface area contributed by atoms with Gasteiger partial charge in [0.05, 0.1) is 20.0 Å². The Morgan fingerprint density at radius 3 is 2.82 bits per heavy atom. The van der Waals surface area contributed by atoms with E-state index in [1.54, 1.807) is 0 Å². The van der Waals surface area contributed by atoms with Crippen molar-refractivity contribution < 1.29 is 19.1 Å². The molecule has 0 unspecified atom stereocenters. The molecule has 1 aliphatic carbocycles. The van der Waals surface area contributed by atoms with Crippen LogP contribution in [0.25, 0.3) is 0 Å². The molecular weight excluding hydrogens is 280 g/mol. The van der Waals surface area contributed by atoms with Gasteiger partial charge in [-0.15, -0.1) is 0 Å². The van der Waals surface area contributed by atoms with E-state index in [0.717, 1.165) is 5.56 Å². The van der Waals surface area contributed by atoms with Crippen LogP contribution >= 0.6 is 0 Å². The lowest BCUT2D eigenvalue weighted by molar-refractivity contribution is -0.141. The van der Waals surface area contributed by atoms with E-state index in [-0.39, 0.29) is 30.2 Å². The number of Topliss-reactive ketones (excluding diaryl/α,β-unsaturated/α-hetero) is 1. The number of hydrogen-bond acceptors (Lipinski definition) is 4. The molecule has 2 aliphatic rings. The molecule has 1 aliphatic heterocycles. The third kappa shape index (κ3) is 2.82. The summed E-state index contributed by atoms with van der Waals surface area (Å²) >= 11 is 0. The van der Waals surface area contributed by atoms with Gasteiger partial charge < -0.3 is 9.47 Å². The van der Waals surface area contributed by atoms with E-state index < -0.39 is 0 Å². The van der Waals surface area contributed by atoms with E-state index in [2.05, 4.69) is 0 Å². The van der Waals surface area contributed by atoms with E-state index >= 15 is 0 Å². The van der Waals surface area contributed by atoms with Crippen LogP contribution in [-0.2, 0) is 19.1 Å². The normalized spacial score (nSPS) is 23.8. The highest BCUT2D eigenvalue weighted by molar-refractivity contribution is 5.98. The van der Waals surface area contributed by atoms with Crippen molar-refractivity contribution in [3.05, 3.63) is 59.4 Å². The first kappa shape index (κ1) is 14.6. The number of ether oxygens (including phenoxy) is 2. The Hall–Kier alpha value is -2.36. The molecule has 4 heteroatoms. The van der Waals surface area contributed by atoms with E-state index in [9.17, 15) is 9.59 Å². The summed E-state index contributed by atoms with van der Waals surface area (Å²) in [6.07, 6.45) is 4.73. The van der Waals surface area contributed by atoms with Crippen molar-refractivity contribution in [2.24, 2.45) is 5.92 Å². The summed E-state index contributed by atoms with van der Waals surface area (Å²) in [5.41, 5.74) is 1.63. The Labute approximate surface area is 129 Å². The van der Waals surface area contributed by atoms with Crippen LogP contribution < -0.4 is 0 Å². The maximum atomic E-state index is 12.6. The molecule has 22 heavy (non-hydrogen) atoms. The first-order chi connectivity index (χ1) is 10.7. The number of methoxy groups -OCH3 is 1. The van der Waals surface area contributed by atoms with Gasteiger partial charge in [0.1, 0.15) is 11.9 Å². The van der Waals surface area contributed by atoms with Gasteiger partial charge in [-0.05, 0) is 18.1 Å². The number of hydrogen-bond donors (Lipinski definition) is 0. The smallest absolute Gasteiger partial charge is 0.306 e. The van der Waals surface area contributed by atoms with Crippen molar-refractivity contribution in [3.8, 4) is 0 Å². The highest BCUT2D eigenvalue weighted by atomic mass is 16.5. The first-order valence-electron chi connectivity index (χ1n) is 7.41.